The number of fused-ring (bicyclic) bond motifs is 2. The van der Waals surface area contributed by atoms with E-state index in [-0.39, 0.29) is 35.9 Å². The number of halogens is 3. The van der Waals surface area contributed by atoms with Gasteiger partial charge in [-0.3, -0.25) is 4.79 Å². The Morgan fingerprint density at radius 2 is 1.68 bits per heavy atom. The molecule has 2 saturated heterocycles. The van der Waals surface area contributed by atoms with Gasteiger partial charge in [0.15, 0.2) is 17.2 Å². The first-order valence-electron chi connectivity index (χ1n) is 10.7. The Labute approximate surface area is 179 Å². The molecule has 2 aliphatic rings. The second-order valence-electron chi connectivity index (χ2n) is 8.99. The molecule has 0 aliphatic carbocycles. The first kappa shape index (κ1) is 21.8. The zero-order chi connectivity index (χ0) is 22.3. The van der Waals surface area contributed by atoms with Crippen LogP contribution in [-0.4, -0.2) is 34.0 Å². The maximum Gasteiger partial charge on any atom is 0.259 e. The zero-order valence-corrected chi connectivity index (χ0v) is 17.4. The molecule has 4 nitrogen and oxygen atoms in total. The van der Waals surface area contributed by atoms with Crippen molar-refractivity contribution < 1.29 is 23.1 Å². The van der Waals surface area contributed by atoms with Gasteiger partial charge in [-0.2, -0.15) is 0 Å². The summed E-state index contributed by atoms with van der Waals surface area (Å²) in [5, 5.41) is 11.0. The minimum atomic E-state index is -1.62. The summed E-state index contributed by atoms with van der Waals surface area (Å²) in [5.74, 6) is -3.40. The number of hydrogen-bond acceptors (Lipinski definition) is 3. The van der Waals surface area contributed by atoms with Crippen LogP contribution < -0.4 is 5.73 Å². The van der Waals surface area contributed by atoms with Gasteiger partial charge in [-0.05, 0) is 62.1 Å². The Morgan fingerprint density at radius 3 is 2.29 bits per heavy atom. The quantitative estimate of drug-likeness (QED) is 0.709. The van der Waals surface area contributed by atoms with Crippen LogP contribution in [0.25, 0.3) is 0 Å². The summed E-state index contributed by atoms with van der Waals surface area (Å²) in [4.78, 5) is 15.1. The molecule has 166 valence electrons. The number of piperidine rings is 1. The second-order valence-corrected chi connectivity index (χ2v) is 8.99. The van der Waals surface area contributed by atoms with E-state index in [4.69, 9.17) is 5.73 Å². The van der Waals surface area contributed by atoms with Crippen LogP contribution in [0.1, 0.15) is 43.7 Å². The number of carbonyl (C=O) groups excluding carboxylic acids is 1. The minimum Gasteiger partial charge on any atom is -0.376 e. The van der Waals surface area contributed by atoms with Crippen molar-refractivity contribution in [1.82, 2.24) is 4.90 Å². The highest BCUT2D eigenvalue weighted by Gasteiger charge is 2.49. The molecule has 0 spiro atoms. The van der Waals surface area contributed by atoms with Crippen molar-refractivity contribution in [2.45, 2.75) is 62.8 Å². The number of nitrogens with two attached hydrogens (primary N) is 1. The van der Waals surface area contributed by atoms with Gasteiger partial charge in [0.2, 0.25) is 0 Å². The van der Waals surface area contributed by atoms with Crippen molar-refractivity contribution in [3.8, 4) is 0 Å². The highest BCUT2D eigenvalue weighted by atomic mass is 19.2. The van der Waals surface area contributed by atoms with Crippen LogP contribution in [0, 0.1) is 23.4 Å². The topological polar surface area (TPSA) is 66.6 Å². The van der Waals surface area contributed by atoms with Crippen LogP contribution >= 0.6 is 0 Å². The number of hydrogen-bond donors (Lipinski definition) is 2. The third-order valence-corrected chi connectivity index (χ3v) is 6.91. The standard InChI is InChI=1S/C24H27F3N2O2/c1-24(31,16-5-3-2-4-6-16)23(30)29-17-7-8-18(29)10-15(9-17)22(28)12-14-11-20(26)21(27)13-19(14)25/h2-6,11,13,15,17-18,22,31H,7-10,12,28H2,1H3/t15?,17-,18+,22-,24-/m1/s1. The minimum absolute atomic E-state index is 0.0238. The van der Waals surface area contributed by atoms with E-state index in [1.54, 1.807) is 29.2 Å². The van der Waals surface area contributed by atoms with Gasteiger partial charge >= 0.3 is 0 Å². The van der Waals surface area contributed by atoms with Gasteiger partial charge in [0.05, 0.1) is 0 Å². The molecule has 3 N–H and O–H groups in total. The fourth-order valence-electron chi connectivity index (χ4n) is 5.18. The molecule has 4 rings (SSSR count). The molecule has 5 atom stereocenters. The van der Waals surface area contributed by atoms with Crippen molar-refractivity contribution in [2.75, 3.05) is 0 Å². The molecular formula is C24H27F3N2O2. The van der Waals surface area contributed by atoms with Gasteiger partial charge in [-0.25, -0.2) is 13.2 Å². The van der Waals surface area contributed by atoms with E-state index in [0.29, 0.717) is 24.5 Å². The van der Waals surface area contributed by atoms with E-state index < -0.39 is 29.1 Å². The van der Waals surface area contributed by atoms with Crippen LogP contribution in [-0.2, 0) is 16.8 Å². The molecule has 31 heavy (non-hydrogen) atoms. The lowest BCUT2D eigenvalue weighted by Gasteiger charge is -2.43. The largest absolute Gasteiger partial charge is 0.376 e. The Hall–Kier alpha value is -2.38. The Balaban J connectivity index is 1.47. The lowest BCUT2D eigenvalue weighted by Crippen LogP contribution is -2.55. The van der Waals surface area contributed by atoms with Gasteiger partial charge in [0, 0.05) is 24.2 Å². The van der Waals surface area contributed by atoms with E-state index in [1.807, 2.05) is 6.07 Å². The van der Waals surface area contributed by atoms with E-state index in [0.717, 1.165) is 18.9 Å². The summed E-state index contributed by atoms with van der Waals surface area (Å²) in [6, 6.07) is 9.76. The smallest absolute Gasteiger partial charge is 0.259 e. The van der Waals surface area contributed by atoms with Crippen molar-refractivity contribution in [2.24, 2.45) is 11.7 Å². The maximum atomic E-state index is 14.0. The lowest BCUT2D eigenvalue weighted by molar-refractivity contribution is -0.156. The normalized spacial score (nSPS) is 25.9. The van der Waals surface area contributed by atoms with E-state index in [9.17, 15) is 23.1 Å². The third-order valence-electron chi connectivity index (χ3n) is 6.91. The fourth-order valence-corrected chi connectivity index (χ4v) is 5.18. The van der Waals surface area contributed by atoms with Gasteiger partial charge in [-0.1, -0.05) is 30.3 Å². The fraction of sp³-hybridized carbons (Fsp3) is 0.458. The van der Waals surface area contributed by atoms with Crippen molar-refractivity contribution in [1.29, 1.82) is 0 Å². The SMILES string of the molecule is C[C@](O)(C(=O)N1[C@@H]2CC[C@H]1CC([C@H](N)Cc1cc(F)c(F)cc1F)C2)c1ccccc1. The van der Waals surface area contributed by atoms with Gasteiger partial charge in [0.25, 0.3) is 5.91 Å². The van der Waals surface area contributed by atoms with Crippen molar-refractivity contribution >= 4 is 5.91 Å². The van der Waals surface area contributed by atoms with Crippen molar-refractivity contribution in [3.05, 3.63) is 71.0 Å². The first-order valence-corrected chi connectivity index (χ1v) is 10.7. The Kier molecular flexibility index (Phi) is 5.83. The molecule has 2 fully saturated rings. The van der Waals surface area contributed by atoms with Crippen LogP contribution in [0.2, 0.25) is 0 Å². The summed E-state index contributed by atoms with van der Waals surface area (Å²) in [5.41, 5.74) is 5.34. The van der Waals surface area contributed by atoms with Crippen LogP contribution in [0.3, 0.4) is 0 Å². The number of rotatable bonds is 5. The van der Waals surface area contributed by atoms with E-state index >= 15 is 0 Å². The molecule has 1 unspecified atom stereocenters. The molecule has 2 heterocycles. The molecule has 2 bridgehead atoms. The Bertz CT molecular complexity index is 953. The molecule has 0 aromatic heterocycles. The molecule has 2 aromatic carbocycles. The number of carbonyl (C=O) groups is 1. The summed E-state index contributed by atoms with van der Waals surface area (Å²) < 4.78 is 40.8. The van der Waals surface area contributed by atoms with Crippen LogP contribution in [0.4, 0.5) is 13.2 Å². The summed E-state index contributed by atoms with van der Waals surface area (Å²) in [6.45, 7) is 1.52. The zero-order valence-electron chi connectivity index (χ0n) is 17.4. The molecule has 0 saturated carbocycles. The maximum absolute atomic E-state index is 14.0. The summed E-state index contributed by atoms with van der Waals surface area (Å²) >= 11 is 0. The molecule has 2 aromatic rings. The predicted octanol–water partition coefficient (Wildman–Crippen LogP) is 3.65. The van der Waals surface area contributed by atoms with Crippen LogP contribution in [0.15, 0.2) is 42.5 Å². The number of amides is 1. The third kappa shape index (κ3) is 4.08. The highest BCUT2D eigenvalue weighted by molar-refractivity contribution is 5.86. The van der Waals surface area contributed by atoms with E-state index in [1.165, 1.54) is 6.92 Å². The highest BCUT2D eigenvalue weighted by Crippen LogP contribution is 2.42. The molecular weight excluding hydrogens is 405 g/mol. The lowest BCUT2D eigenvalue weighted by atomic mass is 9.81. The van der Waals surface area contributed by atoms with Crippen molar-refractivity contribution in [3.63, 3.8) is 0 Å². The first-order chi connectivity index (χ1) is 14.7. The number of benzene rings is 2. The molecule has 2 aliphatic heterocycles. The monoisotopic (exact) mass is 432 g/mol. The van der Waals surface area contributed by atoms with Gasteiger partial charge in [0.1, 0.15) is 5.82 Å². The average molecular weight is 432 g/mol. The number of aliphatic hydroxyl groups is 1. The molecule has 0 radical (unpaired) electrons. The number of nitrogens with zero attached hydrogens (tertiary/aromatic N) is 1. The van der Waals surface area contributed by atoms with Gasteiger partial charge in [-0.15, -0.1) is 0 Å². The Morgan fingerprint density at radius 1 is 1.10 bits per heavy atom. The van der Waals surface area contributed by atoms with Gasteiger partial charge < -0.3 is 15.7 Å². The second kappa shape index (κ2) is 8.28. The average Bonchev–Trinajstić information content (AvgIpc) is 3.00. The molecule has 7 heteroatoms. The predicted molar refractivity (Wildman–Crippen MR) is 110 cm³/mol. The molecule has 1 amide bonds. The van der Waals surface area contributed by atoms with E-state index in [2.05, 4.69) is 0 Å². The van der Waals surface area contributed by atoms with Crippen LogP contribution in [0.5, 0.6) is 0 Å². The summed E-state index contributed by atoms with van der Waals surface area (Å²) in [6.07, 6.45) is 3.02. The summed E-state index contributed by atoms with van der Waals surface area (Å²) in [7, 11) is 0.